The van der Waals surface area contributed by atoms with Gasteiger partial charge in [0.05, 0.1) is 0 Å². The highest BCUT2D eigenvalue weighted by Crippen LogP contribution is 2.12. The van der Waals surface area contributed by atoms with Gasteiger partial charge in [-0.05, 0) is 12.8 Å². The Kier molecular flexibility index (Phi) is 3.60. The molecule has 82 valence electrons. The summed E-state index contributed by atoms with van der Waals surface area (Å²) in [6.07, 6.45) is 2.84. The Bertz CT molecular complexity index is 352. The number of aromatic nitrogens is 2. The minimum atomic E-state index is -1.07. The van der Waals surface area contributed by atoms with Crippen LogP contribution in [-0.2, 0) is 0 Å². The monoisotopic (exact) mass is 209 g/mol. The first-order chi connectivity index (χ1) is 7.02. The number of nitrogens with one attached hydrogen (secondary N) is 1. The first kappa shape index (κ1) is 11.4. The minimum Gasteiger partial charge on any atom is -0.476 e. The van der Waals surface area contributed by atoms with Crippen LogP contribution in [0.3, 0.4) is 0 Å². The Labute approximate surface area is 88.6 Å². The summed E-state index contributed by atoms with van der Waals surface area (Å²) in [7, 11) is 0. The van der Waals surface area contributed by atoms with Gasteiger partial charge in [-0.15, -0.1) is 0 Å². The van der Waals surface area contributed by atoms with Gasteiger partial charge in [-0.1, -0.05) is 13.8 Å². The fourth-order valence-corrected chi connectivity index (χ4v) is 0.982. The van der Waals surface area contributed by atoms with E-state index in [1.807, 2.05) is 6.92 Å². The second kappa shape index (κ2) is 4.72. The zero-order valence-corrected chi connectivity index (χ0v) is 9.06. The van der Waals surface area contributed by atoms with Gasteiger partial charge < -0.3 is 10.4 Å². The summed E-state index contributed by atoms with van der Waals surface area (Å²) in [5.41, 5.74) is -0.0370. The number of rotatable bonds is 4. The van der Waals surface area contributed by atoms with E-state index in [1.165, 1.54) is 12.4 Å². The standard InChI is InChI=1S/C10H15N3O2/c1-6(2)7(3)13-9-8(10(14)15)11-4-5-12-9/h4-7H,1-3H3,(H,12,13)(H,14,15). The summed E-state index contributed by atoms with van der Waals surface area (Å²) < 4.78 is 0. The molecule has 5 heteroatoms. The second-order valence-electron chi connectivity index (χ2n) is 3.74. The maximum atomic E-state index is 10.8. The Morgan fingerprint density at radius 3 is 2.47 bits per heavy atom. The van der Waals surface area contributed by atoms with Crippen LogP contribution in [0.25, 0.3) is 0 Å². The van der Waals surface area contributed by atoms with Crippen molar-refractivity contribution in [3.05, 3.63) is 18.1 Å². The summed E-state index contributed by atoms with van der Waals surface area (Å²) in [6, 6.07) is 0.153. The summed E-state index contributed by atoms with van der Waals surface area (Å²) in [5.74, 6) is -0.346. The zero-order chi connectivity index (χ0) is 11.4. The topological polar surface area (TPSA) is 75.1 Å². The third-order valence-electron chi connectivity index (χ3n) is 2.27. The van der Waals surface area contributed by atoms with Crippen LogP contribution in [0.2, 0.25) is 0 Å². The SMILES string of the molecule is CC(C)C(C)Nc1nccnc1C(=O)O. The summed E-state index contributed by atoms with van der Waals surface area (Å²) >= 11 is 0. The van der Waals surface area contributed by atoms with Gasteiger partial charge in [0.25, 0.3) is 0 Å². The molecule has 1 aromatic heterocycles. The molecule has 0 aliphatic heterocycles. The zero-order valence-electron chi connectivity index (χ0n) is 9.06. The number of carbonyl (C=O) groups is 1. The van der Waals surface area contributed by atoms with E-state index in [1.54, 1.807) is 0 Å². The molecule has 0 saturated carbocycles. The normalized spacial score (nSPS) is 12.5. The van der Waals surface area contributed by atoms with Gasteiger partial charge >= 0.3 is 5.97 Å². The molecule has 1 atom stereocenters. The van der Waals surface area contributed by atoms with Gasteiger partial charge in [0, 0.05) is 18.4 Å². The van der Waals surface area contributed by atoms with Crippen LogP contribution in [0.4, 0.5) is 5.82 Å². The van der Waals surface area contributed by atoms with E-state index in [0.717, 1.165) is 0 Å². The fraction of sp³-hybridized carbons (Fsp3) is 0.500. The van der Waals surface area contributed by atoms with Crippen LogP contribution in [0, 0.1) is 5.92 Å². The van der Waals surface area contributed by atoms with E-state index < -0.39 is 5.97 Å². The molecule has 0 aliphatic carbocycles. The maximum absolute atomic E-state index is 10.8. The number of anilines is 1. The summed E-state index contributed by atoms with van der Waals surface area (Å²) in [4.78, 5) is 18.6. The molecule has 1 rings (SSSR count). The van der Waals surface area contributed by atoms with Crippen molar-refractivity contribution in [1.29, 1.82) is 0 Å². The highest BCUT2D eigenvalue weighted by atomic mass is 16.4. The van der Waals surface area contributed by atoms with Crippen molar-refractivity contribution in [2.45, 2.75) is 26.8 Å². The lowest BCUT2D eigenvalue weighted by Gasteiger charge is -2.18. The molecule has 0 saturated heterocycles. The largest absolute Gasteiger partial charge is 0.476 e. The number of aromatic carboxylic acids is 1. The van der Waals surface area contributed by atoms with Crippen molar-refractivity contribution in [3.8, 4) is 0 Å². The van der Waals surface area contributed by atoms with E-state index in [9.17, 15) is 4.79 Å². The Morgan fingerprint density at radius 2 is 1.93 bits per heavy atom. The van der Waals surface area contributed by atoms with Crippen molar-refractivity contribution < 1.29 is 9.90 Å². The summed E-state index contributed by atoms with van der Waals surface area (Å²) in [5, 5.41) is 11.9. The predicted molar refractivity (Wildman–Crippen MR) is 56.9 cm³/mol. The first-order valence-corrected chi connectivity index (χ1v) is 4.83. The van der Waals surface area contributed by atoms with E-state index >= 15 is 0 Å². The fourth-order valence-electron chi connectivity index (χ4n) is 0.982. The summed E-state index contributed by atoms with van der Waals surface area (Å²) in [6.45, 7) is 6.08. The lowest BCUT2D eigenvalue weighted by atomic mass is 10.1. The van der Waals surface area contributed by atoms with Gasteiger partial charge in [0.2, 0.25) is 0 Å². The molecule has 1 unspecified atom stereocenters. The molecular formula is C10H15N3O2. The molecule has 1 heterocycles. The van der Waals surface area contributed by atoms with Crippen LogP contribution >= 0.6 is 0 Å². The molecule has 0 bridgehead atoms. The molecule has 2 N–H and O–H groups in total. The third kappa shape index (κ3) is 2.90. The first-order valence-electron chi connectivity index (χ1n) is 4.83. The van der Waals surface area contributed by atoms with E-state index in [4.69, 9.17) is 5.11 Å². The molecule has 0 aromatic carbocycles. The Balaban J connectivity index is 2.89. The molecule has 0 radical (unpaired) electrons. The van der Waals surface area contributed by atoms with Gasteiger partial charge in [-0.25, -0.2) is 14.8 Å². The van der Waals surface area contributed by atoms with Gasteiger partial charge in [0.1, 0.15) is 0 Å². The number of nitrogens with zero attached hydrogens (tertiary/aromatic N) is 2. The number of carboxylic acid groups (broad SMARTS) is 1. The molecule has 0 fully saturated rings. The lowest BCUT2D eigenvalue weighted by Crippen LogP contribution is -2.24. The van der Waals surface area contributed by atoms with Crippen LogP contribution in [-0.4, -0.2) is 27.1 Å². The molecule has 15 heavy (non-hydrogen) atoms. The van der Waals surface area contributed by atoms with Gasteiger partial charge in [-0.2, -0.15) is 0 Å². The molecule has 1 aromatic rings. The van der Waals surface area contributed by atoms with E-state index in [0.29, 0.717) is 11.7 Å². The van der Waals surface area contributed by atoms with Crippen LogP contribution in [0.15, 0.2) is 12.4 Å². The van der Waals surface area contributed by atoms with Crippen molar-refractivity contribution >= 4 is 11.8 Å². The quantitative estimate of drug-likeness (QED) is 0.788. The van der Waals surface area contributed by atoms with Gasteiger partial charge in [0.15, 0.2) is 11.5 Å². The average Bonchev–Trinajstić information content (AvgIpc) is 2.18. The second-order valence-corrected chi connectivity index (χ2v) is 3.74. The minimum absolute atomic E-state index is 0.0370. The van der Waals surface area contributed by atoms with Gasteiger partial charge in [-0.3, -0.25) is 0 Å². The number of hydrogen-bond acceptors (Lipinski definition) is 4. The molecular weight excluding hydrogens is 194 g/mol. The van der Waals surface area contributed by atoms with Crippen molar-refractivity contribution in [2.75, 3.05) is 5.32 Å². The smallest absolute Gasteiger partial charge is 0.358 e. The maximum Gasteiger partial charge on any atom is 0.358 e. The van der Waals surface area contributed by atoms with Crippen molar-refractivity contribution in [1.82, 2.24) is 9.97 Å². The van der Waals surface area contributed by atoms with Crippen LogP contribution in [0.1, 0.15) is 31.3 Å². The lowest BCUT2D eigenvalue weighted by molar-refractivity contribution is 0.0691. The van der Waals surface area contributed by atoms with Crippen LogP contribution in [0.5, 0.6) is 0 Å². The Morgan fingerprint density at radius 1 is 1.33 bits per heavy atom. The molecule has 5 nitrogen and oxygen atoms in total. The highest BCUT2D eigenvalue weighted by molar-refractivity contribution is 5.90. The molecule has 0 spiro atoms. The molecule has 0 amide bonds. The number of carboxylic acids is 1. The third-order valence-corrected chi connectivity index (χ3v) is 2.27. The predicted octanol–water partition coefficient (Wildman–Crippen LogP) is 1.63. The van der Waals surface area contributed by atoms with E-state index in [-0.39, 0.29) is 11.7 Å². The van der Waals surface area contributed by atoms with E-state index in [2.05, 4.69) is 29.1 Å². The highest BCUT2D eigenvalue weighted by Gasteiger charge is 2.15. The van der Waals surface area contributed by atoms with Crippen LogP contribution < -0.4 is 5.32 Å². The van der Waals surface area contributed by atoms with Crippen molar-refractivity contribution in [3.63, 3.8) is 0 Å². The Hall–Kier alpha value is -1.65. The van der Waals surface area contributed by atoms with Crippen molar-refractivity contribution in [2.24, 2.45) is 5.92 Å². The average molecular weight is 209 g/mol. The number of hydrogen-bond donors (Lipinski definition) is 2. The molecule has 0 aliphatic rings.